The summed E-state index contributed by atoms with van der Waals surface area (Å²) in [5.41, 5.74) is 1.55. The highest BCUT2D eigenvalue weighted by molar-refractivity contribution is 5.34. The Morgan fingerprint density at radius 2 is 2.12 bits per heavy atom. The first-order valence-corrected chi connectivity index (χ1v) is 5.58. The van der Waals surface area contributed by atoms with Gasteiger partial charge in [0.1, 0.15) is 11.9 Å². The minimum absolute atomic E-state index is 0.0788. The molecule has 2 nitrogen and oxygen atoms in total. The molecular weight excluding hydrogens is 226 g/mol. The first kappa shape index (κ1) is 12.0. The van der Waals surface area contributed by atoms with E-state index in [0.29, 0.717) is 5.56 Å². The highest BCUT2D eigenvalue weighted by Gasteiger charge is 2.17. The number of halogens is 2. The van der Waals surface area contributed by atoms with Gasteiger partial charge in [0.25, 0.3) is 0 Å². The number of benzene rings is 1. The van der Waals surface area contributed by atoms with E-state index in [9.17, 15) is 13.9 Å². The molecular formula is C13H14F2O2. The van der Waals surface area contributed by atoms with Crippen LogP contribution in [0.15, 0.2) is 35.9 Å². The second kappa shape index (κ2) is 5.27. The van der Waals surface area contributed by atoms with Crippen molar-refractivity contribution in [3.8, 4) is 5.75 Å². The predicted molar refractivity (Wildman–Crippen MR) is 60.0 cm³/mol. The number of ether oxygens (including phenoxy) is 1. The first-order valence-electron chi connectivity index (χ1n) is 5.58. The minimum atomic E-state index is -2.84. The zero-order valence-corrected chi connectivity index (χ0v) is 9.27. The molecule has 0 saturated carbocycles. The van der Waals surface area contributed by atoms with Gasteiger partial charge < -0.3 is 9.84 Å². The van der Waals surface area contributed by atoms with Crippen LogP contribution in [-0.2, 0) is 0 Å². The lowest BCUT2D eigenvalue weighted by Crippen LogP contribution is -2.04. The molecule has 0 aliphatic heterocycles. The molecule has 2 rings (SSSR count). The van der Waals surface area contributed by atoms with E-state index in [-0.39, 0.29) is 5.75 Å². The average molecular weight is 240 g/mol. The molecule has 4 heteroatoms. The summed E-state index contributed by atoms with van der Waals surface area (Å²) in [6, 6.07) is 6.22. The van der Waals surface area contributed by atoms with Crippen LogP contribution in [0, 0.1) is 0 Å². The molecule has 0 spiro atoms. The molecule has 0 saturated heterocycles. The van der Waals surface area contributed by atoms with Crippen molar-refractivity contribution < 1.29 is 18.6 Å². The Morgan fingerprint density at radius 3 is 2.76 bits per heavy atom. The fraction of sp³-hybridized carbons (Fsp3) is 0.385. The lowest BCUT2D eigenvalue weighted by molar-refractivity contribution is -0.0499. The van der Waals surface area contributed by atoms with Crippen LogP contribution in [-0.4, -0.2) is 11.7 Å². The van der Waals surface area contributed by atoms with E-state index in [2.05, 4.69) is 4.74 Å². The van der Waals surface area contributed by atoms with Gasteiger partial charge >= 0.3 is 6.61 Å². The maximum atomic E-state index is 12.1. The smallest absolute Gasteiger partial charge is 0.387 e. The molecule has 0 fully saturated rings. The number of hydrogen-bond acceptors (Lipinski definition) is 2. The quantitative estimate of drug-likeness (QED) is 0.817. The largest absolute Gasteiger partial charge is 0.435 e. The summed E-state index contributed by atoms with van der Waals surface area (Å²) in [6.07, 6.45) is 4.17. The number of alkyl halides is 2. The van der Waals surface area contributed by atoms with Crippen LogP contribution in [0.4, 0.5) is 8.78 Å². The Morgan fingerprint density at radius 1 is 1.29 bits per heavy atom. The van der Waals surface area contributed by atoms with Crippen molar-refractivity contribution in [1.82, 2.24) is 0 Å². The van der Waals surface area contributed by atoms with Crippen molar-refractivity contribution in [2.75, 3.05) is 0 Å². The second-order valence-electron chi connectivity index (χ2n) is 4.02. The average Bonchev–Trinajstić information content (AvgIpc) is 2.81. The number of aliphatic hydroxyl groups is 1. The fourth-order valence-corrected chi connectivity index (χ4v) is 2.02. The Kier molecular flexibility index (Phi) is 3.74. The highest BCUT2D eigenvalue weighted by Crippen LogP contribution is 2.31. The molecule has 1 aliphatic rings. The van der Waals surface area contributed by atoms with Crippen LogP contribution in [0.2, 0.25) is 0 Å². The SMILES string of the molecule is OC(C1=CCCC1)c1cccc(OC(F)F)c1. The summed E-state index contributed by atoms with van der Waals surface area (Å²) in [4.78, 5) is 0. The number of rotatable bonds is 4. The van der Waals surface area contributed by atoms with Gasteiger partial charge in [0.05, 0.1) is 0 Å². The third-order valence-electron chi connectivity index (χ3n) is 2.83. The Balaban J connectivity index is 2.14. The van der Waals surface area contributed by atoms with E-state index in [0.717, 1.165) is 24.8 Å². The topological polar surface area (TPSA) is 29.5 Å². The normalized spacial score (nSPS) is 17.1. The number of aliphatic hydroxyl groups excluding tert-OH is 1. The minimum Gasteiger partial charge on any atom is -0.435 e. The summed E-state index contributed by atoms with van der Waals surface area (Å²) in [5, 5.41) is 10.1. The van der Waals surface area contributed by atoms with Gasteiger partial charge in [-0.05, 0) is 42.5 Å². The van der Waals surface area contributed by atoms with Crippen molar-refractivity contribution in [3.05, 3.63) is 41.5 Å². The summed E-state index contributed by atoms with van der Waals surface area (Å²) in [6.45, 7) is -2.84. The van der Waals surface area contributed by atoms with Crippen molar-refractivity contribution >= 4 is 0 Å². The van der Waals surface area contributed by atoms with E-state index < -0.39 is 12.7 Å². The van der Waals surface area contributed by atoms with Gasteiger partial charge in [-0.2, -0.15) is 8.78 Å². The molecule has 1 aromatic carbocycles. The lowest BCUT2D eigenvalue weighted by atomic mass is 10.0. The van der Waals surface area contributed by atoms with Crippen LogP contribution in [0.3, 0.4) is 0 Å². The predicted octanol–water partition coefficient (Wildman–Crippen LogP) is 3.43. The monoisotopic (exact) mass is 240 g/mol. The maximum absolute atomic E-state index is 12.1. The van der Waals surface area contributed by atoms with Crippen LogP contribution in [0.1, 0.15) is 30.9 Å². The molecule has 1 unspecified atom stereocenters. The molecule has 1 N–H and O–H groups in total. The van der Waals surface area contributed by atoms with Crippen LogP contribution in [0.25, 0.3) is 0 Å². The van der Waals surface area contributed by atoms with Gasteiger partial charge in [-0.1, -0.05) is 18.2 Å². The standard InChI is InChI=1S/C13H14F2O2/c14-13(15)17-11-7-3-6-10(8-11)12(16)9-4-1-2-5-9/h3-4,6-8,12-13,16H,1-2,5H2. The molecule has 1 atom stereocenters. The lowest BCUT2D eigenvalue weighted by Gasteiger charge is -2.13. The van der Waals surface area contributed by atoms with Gasteiger partial charge in [-0.15, -0.1) is 0 Å². The van der Waals surface area contributed by atoms with Gasteiger partial charge in [-0.3, -0.25) is 0 Å². The molecule has 0 amide bonds. The highest BCUT2D eigenvalue weighted by atomic mass is 19.3. The van der Waals surface area contributed by atoms with E-state index in [1.807, 2.05) is 6.08 Å². The van der Waals surface area contributed by atoms with Crippen molar-refractivity contribution in [1.29, 1.82) is 0 Å². The summed E-state index contributed by atoms with van der Waals surface area (Å²) < 4.78 is 28.4. The zero-order chi connectivity index (χ0) is 12.3. The summed E-state index contributed by atoms with van der Waals surface area (Å²) in [5.74, 6) is 0.0788. The molecule has 1 aliphatic carbocycles. The molecule has 0 bridgehead atoms. The third-order valence-corrected chi connectivity index (χ3v) is 2.83. The molecule has 17 heavy (non-hydrogen) atoms. The Bertz CT molecular complexity index is 416. The fourth-order valence-electron chi connectivity index (χ4n) is 2.02. The van der Waals surface area contributed by atoms with Crippen LogP contribution >= 0.6 is 0 Å². The van der Waals surface area contributed by atoms with E-state index in [1.54, 1.807) is 12.1 Å². The summed E-state index contributed by atoms with van der Waals surface area (Å²) in [7, 11) is 0. The maximum Gasteiger partial charge on any atom is 0.387 e. The number of hydrogen-bond donors (Lipinski definition) is 1. The van der Waals surface area contributed by atoms with Gasteiger partial charge in [0.15, 0.2) is 0 Å². The molecule has 0 heterocycles. The van der Waals surface area contributed by atoms with Crippen LogP contribution in [0.5, 0.6) is 5.75 Å². The molecule has 0 aromatic heterocycles. The molecule has 0 radical (unpaired) electrons. The van der Waals surface area contributed by atoms with E-state index >= 15 is 0 Å². The van der Waals surface area contributed by atoms with Gasteiger partial charge in [0.2, 0.25) is 0 Å². The Labute approximate surface area is 98.5 Å². The number of allylic oxidation sites excluding steroid dienone is 1. The zero-order valence-electron chi connectivity index (χ0n) is 9.27. The Hall–Kier alpha value is -1.42. The molecule has 1 aromatic rings. The van der Waals surface area contributed by atoms with Gasteiger partial charge in [0, 0.05) is 0 Å². The summed E-state index contributed by atoms with van der Waals surface area (Å²) >= 11 is 0. The third kappa shape index (κ3) is 3.03. The van der Waals surface area contributed by atoms with E-state index in [1.165, 1.54) is 12.1 Å². The van der Waals surface area contributed by atoms with Crippen LogP contribution < -0.4 is 4.74 Å². The van der Waals surface area contributed by atoms with Crippen molar-refractivity contribution in [3.63, 3.8) is 0 Å². The van der Waals surface area contributed by atoms with E-state index in [4.69, 9.17) is 0 Å². The van der Waals surface area contributed by atoms with Crippen molar-refractivity contribution in [2.45, 2.75) is 32.0 Å². The van der Waals surface area contributed by atoms with Crippen molar-refractivity contribution in [2.24, 2.45) is 0 Å². The molecule has 92 valence electrons. The second-order valence-corrected chi connectivity index (χ2v) is 4.02. The first-order chi connectivity index (χ1) is 8.16. The van der Waals surface area contributed by atoms with Gasteiger partial charge in [-0.25, -0.2) is 0 Å².